The SMILES string of the molecule is COc1cc(CN(C)Cc2ccco2)ccc1C(N)=S. The normalized spacial score (nSPS) is 10.8. The van der Waals surface area contributed by atoms with Crippen LogP contribution in [0.15, 0.2) is 41.0 Å². The van der Waals surface area contributed by atoms with Gasteiger partial charge in [-0.3, -0.25) is 4.90 Å². The van der Waals surface area contributed by atoms with Gasteiger partial charge in [0.15, 0.2) is 0 Å². The predicted octanol–water partition coefficient (Wildman–Crippen LogP) is 2.55. The van der Waals surface area contributed by atoms with Crippen molar-refractivity contribution in [2.24, 2.45) is 5.73 Å². The van der Waals surface area contributed by atoms with E-state index in [1.165, 1.54) is 0 Å². The van der Waals surface area contributed by atoms with Crippen molar-refractivity contribution in [1.29, 1.82) is 0 Å². The van der Waals surface area contributed by atoms with Gasteiger partial charge in [0.25, 0.3) is 0 Å². The first-order valence-electron chi connectivity index (χ1n) is 6.28. The van der Waals surface area contributed by atoms with Crippen molar-refractivity contribution in [2.45, 2.75) is 13.1 Å². The average molecular weight is 290 g/mol. The van der Waals surface area contributed by atoms with Gasteiger partial charge >= 0.3 is 0 Å². The van der Waals surface area contributed by atoms with Gasteiger partial charge in [-0.1, -0.05) is 18.3 Å². The number of hydrogen-bond donors (Lipinski definition) is 1. The maximum atomic E-state index is 5.66. The van der Waals surface area contributed by atoms with Crippen LogP contribution in [0.2, 0.25) is 0 Å². The van der Waals surface area contributed by atoms with Gasteiger partial charge < -0.3 is 14.9 Å². The van der Waals surface area contributed by atoms with E-state index in [4.69, 9.17) is 27.1 Å². The molecule has 20 heavy (non-hydrogen) atoms. The van der Waals surface area contributed by atoms with E-state index >= 15 is 0 Å². The fourth-order valence-electron chi connectivity index (χ4n) is 2.07. The van der Waals surface area contributed by atoms with Crippen LogP contribution in [0.4, 0.5) is 0 Å². The summed E-state index contributed by atoms with van der Waals surface area (Å²) >= 11 is 5.00. The molecule has 0 amide bonds. The largest absolute Gasteiger partial charge is 0.496 e. The third kappa shape index (κ3) is 3.59. The second-order valence-electron chi connectivity index (χ2n) is 4.65. The summed E-state index contributed by atoms with van der Waals surface area (Å²) in [6.07, 6.45) is 1.68. The Morgan fingerprint density at radius 2 is 2.15 bits per heavy atom. The highest BCUT2D eigenvalue weighted by molar-refractivity contribution is 7.80. The van der Waals surface area contributed by atoms with E-state index in [2.05, 4.69) is 4.90 Å². The van der Waals surface area contributed by atoms with E-state index < -0.39 is 0 Å². The molecular formula is C15H18N2O2S. The van der Waals surface area contributed by atoms with Gasteiger partial charge in [-0.25, -0.2) is 0 Å². The minimum absolute atomic E-state index is 0.345. The molecule has 0 aliphatic carbocycles. The Bertz CT molecular complexity index is 582. The van der Waals surface area contributed by atoms with Crippen molar-refractivity contribution in [2.75, 3.05) is 14.2 Å². The lowest BCUT2D eigenvalue weighted by Crippen LogP contribution is -2.17. The Hall–Kier alpha value is -1.85. The van der Waals surface area contributed by atoms with Crippen molar-refractivity contribution >= 4 is 17.2 Å². The van der Waals surface area contributed by atoms with E-state index in [-0.39, 0.29) is 0 Å². The zero-order valence-corrected chi connectivity index (χ0v) is 12.4. The molecule has 0 saturated carbocycles. The molecule has 4 nitrogen and oxygen atoms in total. The summed E-state index contributed by atoms with van der Waals surface area (Å²) in [6.45, 7) is 1.54. The highest BCUT2D eigenvalue weighted by Gasteiger charge is 2.09. The molecule has 0 atom stereocenters. The first-order valence-corrected chi connectivity index (χ1v) is 6.68. The predicted molar refractivity (Wildman–Crippen MR) is 82.8 cm³/mol. The topological polar surface area (TPSA) is 51.6 Å². The van der Waals surface area contributed by atoms with Crippen molar-refractivity contribution in [3.8, 4) is 5.75 Å². The number of hydrogen-bond acceptors (Lipinski definition) is 4. The number of thiocarbonyl (C=S) groups is 1. The fraction of sp³-hybridized carbons (Fsp3) is 0.267. The Labute approximate surface area is 124 Å². The molecule has 2 N–H and O–H groups in total. The molecule has 0 fully saturated rings. The Kier molecular flexibility index (Phi) is 4.76. The summed E-state index contributed by atoms with van der Waals surface area (Å²) in [5.41, 5.74) is 7.56. The highest BCUT2D eigenvalue weighted by Crippen LogP contribution is 2.21. The van der Waals surface area contributed by atoms with Gasteiger partial charge in [-0.05, 0) is 36.9 Å². The molecule has 2 rings (SSSR count). The van der Waals surface area contributed by atoms with Crippen LogP contribution in [0.25, 0.3) is 0 Å². The lowest BCUT2D eigenvalue weighted by Gasteiger charge is -2.16. The summed E-state index contributed by atoms with van der Waals surface area (Å²) in [6, 6.07) is 9.73. The number of rotatable bonds is 6. The number of ether oxygens (including phenoxy) is 1. The van der Waals surface area contributed by atoms with Gasteiger partial charge in [-0.2, -0.15) is 0 Å². The number of nitrogens with two attached hydrogens (primary N) is 1. The molecule has 0 unspecified atom stereocenters. The van der Waals surface area contributed by atoms with Crippen molar-refractivity contribution in [3.63, 3.8) is 0 Å². The van der Waals surface area contributed by atoms with Crippen molar-refractivity contribution in [1.82, 2.24) is 4.90 Å². The lowest BCUT2D eigenvalue weighted by atomic mass is 10.1. The van der Waals surface area contributed by atoms with Crippen LogP contribution in [0, 0.1) is 0 Å². The van der Waals surface area contributed by atoms with Crippen LogP contribution in [-0.4, -0.2) is 24.0 Å². The standard InChI is InChI=1S/C15H18N2O2S/c1-17(10-12-4-3-7-19-12)9-11-5-6-13(15(16)20)14(8-11)18-2/h3-8H,9-10H2,1-2H3,(H2,16,20). The minimum Gasteiger partial charge on any atom is -0.496 e. The summed E-state index contributed by atoms with van der Waals surface area (Å²) in [7, 11) is 3.66. The summed E-state index contributed by atoms with van der Waals surface area (Å²) in [4.78, 5) is 2.51. The van der Waals surface area contributed by atoms with Crippen LogP contribution in [0.1, 0.15) is 16.9 Å². The molecule has 2 aromatic rings. The minimum atomic E-state index is 0.345. The molecule has 1 heterocycles. The first kappa shape index (κ1) is 14.6. The van der Waals surface area contributed by atoms with Crippen molar-refractivity contribution in [3.05, 3.63) is 53.5 Å². The highest BCUT2D eigenvalue weighted by atomic mass is 32.1. The monoisotopic (exact) mass is 290 g/mol. The second-order valence-corrected chi connectivity index (χ2v) is 5.09. The lowest BCUT2D eigenvalue weighted by molar-refractivity contribution is 0.287. The van der Waals surface area contributed by atoms with Crippen molar-refractivity contribution < 1.29 is 9.15 Å². The zero-order chi connectivity index (χ0) is 14.5. The zero-order valence-electron chi connectivity index (χ0n) is 11.6. The summed E-state index contributed by atoms with van der Waals surface area (Å²) in [5.74, 6) is 1.65. The maximum absolute atomic E-state index is 5.66. The molecule has 0 aliphatic heterocycles. The molecule has 0 bridgehead atoms. The van der Waals surface area contributed by atoms with Gasteiger partial charge in [0, 0.05) is 6.54 Å². The molecule has 0 radical (unpaired) electrons. The quantitative estimate of drug-likeness (QED) is 0.829. The molecule has 106 valence electrons. The Morgan fingerprint density at radius 3 is 2.75 bits per heavy atom. The van der Waals surface area contributed by atoms with Gasteiger partial charge in [0.2, 0.25) is 0 Å². The third-order valence-corrected chi connectivity index (χ3v) is 3.21. The molecule has 1 aromatic carbocycles. The molecule has 0 spiro atoms. The maximum Gasteiger partial charge on any atom is 0.129 e. The fourth-order valence-corrected chi connectivity index (χ4v) is 2.24. The molecule has 0 saturated heterocycles. The van der Waals surface area contributed by atoms with Crippen LogP contribution < -0.4 is 10.5 Å². The second kappa shape index (κ2) is 6.54. The van der Waals surface area contributed by atoms with E-state index in [0.29, 0.717) is 10.7 Å². The van der Waals surface area contributed by atoms with Crippen LogP contribution in [0.5, 0.6) is 5.75 Å². The Morgan fingerprint density at radius 1 is 1.35 bits per heavy atom. The summed E-state index contributed by atoms with van der Waals surface area (Å²) in [5, 5.41) is 0. The van der Waals surface area contributed by atoms with Gasteiger partial charge in [-0.15, -0.1) is 0 Å². The molecule has 5 heteroatoms. The van der Waals surface area contributed by atoms with E-state index in [1.807, 2.05) is 37.4 Å². The van der Waals surface area contributed by atoms with Crippen LogP contribution in [-0.2, 0) is 13.1 Å². The summed E-state index contributed by atoms with van der Waals surface area (Å²) < 4.78 is 10.7. The number of furan rings is 1. The Balaban J connectivity index is 2.07. The van der Waals surface area contributed by atoms with E-state index in [1.54, 1.807) is 13.4 Å². The molecule has 0 aliphatic rings. The van der Waals surface area contributed by atoms with Gasteiger partial charge in [0.05, 0.1) is 25.5 Å². The number of nitrogens with zero attached hydrogens (tertiary/aromatic N) is 1. The smallest absolute Gasteiger partial charge is 0.129 e. The van der Waals surface area contributed by atoms with E-state index in [9.17, 15) is 0 Å². The van der Waals surface area contributed by atoms with Gasteiger partial charge in [0.1, 0.15) is 16.5 Å². The molecular weight excluding hydrogens is 272 g/mol. The van der Waals surface area contributed by atoms with E-state index in [0.717, 1.165) is 30.0 Å². The number of benzene rings is 1. The third-order valence-electron chi connectivity index (χ3n) is 2.99. The number of methoxy groups -OCH3 is 1. The van der Waals surface area contributed by atoms with Crippen LogP contribution in [0.3, 0.4) is 0 Å². The first-order chi connectivity index (χ1) is 9.60. The average Bonchev–Trinajstić information content (AvgIpc) is 2.90. The molecule has 1 aromatic heterocycles. The van der Waals surface area contributed by atoms with Crippen LogP contribution >= 0.6 is 12.2 Å².